The molecule has 0 bridgehead atoms. The van der Waals surface area contributed by atoms with E-state index in [4.69, 9.17) is 0 Å². The lowest BCUT2D eigenvalue weighted by atomic mass is 10.2. The van der Waals surface area contributed by atoms with Crippen molar-refractivity contribution < 1.29 is 4.79 Å². The van der Waals surface area contributed by atoms with E-state index < -0.39 is 0 Å². The van der Waals surface area contributed by atoms with Crippen LogP contribution in [0, 0.1) is 12.8 Å². The van der Waals surface area contributed by atoms with Gasteiger partial charge >= 0.3 is 0 Å². The summed E-state index contributed by atoms with van der Waals surface area (Å²) in [5.41, 5.74) is 2.06. The third-order valence-corrected chi connectivity index (χ3v) is 4.15. The molecule has 20 heavy (non-hydrogen) atoms. The number of nitrogens with one attached hydrogen (secondary N) is 1. The molecule has 0 radical (unpaired) electrons. The van der Waals surface area contributed by atoms with E-state index in [1.54, 1.807) is 11.3 Å². The first-order valence-corrected chi connectivity index (χ1v) is 7.66. The first-order valence-electron chi connectivity index (χ1n) is 6.84. The Hall–Kier alpha value is -1.68. The second kappa shape index (κ2) is 6.66. The molecule has 1 N–H and O–H groups in total. The molecule has 1 aromatic carbocycles. The minimum Gasteiger partial charge on any atom is -0.356 e. The average Bonchev–Trinajstić information content (AvgIpc) is 2.79. The highest BCUT2D eigenvalue weighted by atomic mass is 32.1. The number of hydrogen-bond donors (Lipinski definition) is 1. The summed E-state index contributed by atoms with van der Waals surface area (Å²) in [5.74, 6) is 0.548. The number of benzene rings is 1. The zero-order valence-corrected chi connectivity index (χ0v) is 13.0. The summed E-state index contributed by atoms with van der Waals surface area (Å²) < 4.78 is 0. The highest BCUT2D eigenvalue weighted by Gasteiger charge is 2.12. The second-order valence-electron chi connectivity index (χ2n) is 5.27. The van der Waals surface area contributed by atoms with Crippen molar-refractivity contribution in [2.75, 3.05) is 6.54 Å². The van der Waals surface area contributed by atoms with E-state index in [0.717, 1.165) is 27.7 Å². The molecule has 0 atom stereocenters. The molecule has 0 saturated heterocycles. The van der Waals surface area contributed by atoms with E-state index in [1.807, 2.05) is 37.3 Å². The van der Waals surface area contributed by atoms with Crippen LogP contribution in [0.1, 0.15) is 24.4 Å². The Morgan fingerprint density at radius 3 is 2.65 bits per heavy atom. The molecule has 2 rings (SSSR count). The molecule has 3 nitrogen and oxygen atoms in total. The van der Waals surface area contributed by atoms with Crippen molar-refractivity contribution in [3.8, 4) is 10.6 Å². The maximum absolute atomic E-state index is 11.9. The zero-order chi connectivity index (χ0) is 14.5. The van der Waals surface area contributed by atoms with E-state index in [0.29, 0.717) is 12.3 Å². The van der Waals surface area contributed by atoms with Crippen molar-refractivity contribution in [2.45, 2.75) is 27.2 Å². The summed E-state index contributed by atoms with van der Waals surface area (Å²) in [5, 5.41) is 3.93. The molecular weight excluding hydrogens is 268 g/mol. The molecular formula is C16H20N2OS. The SMILES string of the molecule is Cc1nc(-c2ccccc2)sc1CC(=O)NCC(C)C. The Morgan fingerprint density at radius 2 is 2.00 bits per heavy atom. The minimum absolute atomic E-state index is 0.0741. The van der Waals surface area contributed by atoms with Crippen LogP contribution in [0.3, 0.4) is 0 Å². The Morgan fingerprint density at radius 1 is 1.30 bits per heavy atom. The second-order valence-corrected chi connectivity index (χ2v) is 6.35. The third kappa shape index (κ3) is 3.90. The summed E-state index contributed by atoms with van der Waals surface area (Å²) >= 11 is 1.60. The summed E-state index contributed by atoms with van der Waals surface area (Å²) in [6, 6.07) is 10.1. The van der Waals surface area contributed by atoms with Crippen LogP contribution in [0.15, 0.2) is 30.3 Å². The molecule has 4 heteroatoms. The molecule has 0 aliphatic heterocycles. The van der Waals surface area contributed by atoms with Gasteiger partial charge in [-0.15, -0.1) is 11.3 Å². The fraction of sp³-hybridized carbons (Fsp3) is 0.375. The summed E-state index contributed by atoms with van der Waals surface area (Å²) in [6.07, 6.45) is 0.420. The molecule has 0 aliphatic carbocycles. The van der Waals surface area contributed by atoms with Crippen molar-refractivity contribution in [1.82, 2.24) is 10.3 Å². The third-order valence-electron chi connectivity index (χ3n) is 2.94. The van der Waals surface area contributed by atoms with Crippen LogP contribution < -0.4 is 5.32 Å². The lowest BCUT2D eigenvalue weighted by Crippen LogP contribution is -2.28. The lowest BCUT2D eigenvalue weighted by Gasteiger charge is -2.06. The molecule has 0 aliphatic rings. The molecule has 0 fully saturated rings. The maximum atomic E-state index is 11.9. The molecule has 2 aromatic rings. The normalized spacial score (nSPS) is 10.8. The Balaban J connectivity index is 2.07. The predicted molar refractivity (Wildman–Crippen MR) is 83.8 cm³/mol. The molecule has 1 heterocycles. The minimum atomic E-state index is 0.0741. The van der Waals surface area contributed by atoms with Crippen molar-refractivity contribution >= 4 is 17.2 Å². The Bertz CT molecular complexity index is 575. The fourth-order valence-electron chi connectivity index (χ4n) is 1.82. The fourth-order valence-corrected chi connectivity index (χ4v) is 2.89. The van der Waals surface area contributed by atoms with Gasteiger partial charge in [-0.2, -0.15) is 0 Å². The van der Waals surface area contributed by atoms with Crippen LogP contribution in [-0.4, -0.2) is 17.4 Å². The molecule has 1 amide bonds. The number of nitrogens with zero attached hydrogens (tertiary/aromatic N) is 1. The van der Waals surface area contributed by atoms with Crippen molar-refractivity contribution in [2.24, 2.45) is 5.92 Å². The molecule has 106 valence electrons. The molecule has 0 saturated carbocycles. The van der Waals surface area contributed by atoms with Gasteiger partial charge < -0.3 is 5.32 Å². The maximum Gasteiger partial charge on any atom is 0.225 e. The average molecular weight is 288 g/mol. The molecule has 0 unspecified atom stereocenters. The van der Waals surface area contributed by atoms with Gasteiger partial charge in [0.05, 0.1) is 12.1 Å². The van der Waals surface area contributed by atoms with E-state index in [2.05, 4.69) is 24.1 Å². The number of aryl methyl sites for hydroxylation is 1. The summed E-state index contributed by atoms with van der Waals surface area (Å²) in [6.45, 7) is 6.87. The predicted octanol–water partition coefficient (Wildman–Crippen LogP) is 3.43. The van der Waals surface area contributed by atoms with Gasteiger partial charge in [0, 0.05) is 17.0 Å². The van der Waals surface area contributed by atoms with Gasteiger partial charge in [-0.25, -0.2) is 4.98 Å². The Labute approximate surface area is 124 Å². The van der Waals surface area contributed by atoms with Crippen LogP contribution in [0.5, 0.6) is 0 Å². The van der Waals surface area contributed by atoms with E-state index in [1.165, 1.54) is 0 Å². The summed E-state index contributed by atoms with van der Waals surface area (Å²) in [7, 11) is 0. The van der Waals surface area contributed by atoms with Gasteiger partial charge in [-0.05, 0) is 12.8 Å². The number of carbonyl (C=O) groups is 1. The van der Waals surface area contributed by atoms with Crippen molar-refractivity contribution in [3.05, 3.63) is 40.9 Å². The van der Waals surface area contributed by atoms with Gasteiger partial charge in [0.1, 0.15) is 5.01 Å². The smallest absolute Gasteiger partial charge is 0.225 e. The van der Waals surface area contributed by atoms with Gasteiger partial charge in [0.2, 0.25) is 5.91 Å². The van der Waals surface area contributed by atoms with E-state index in [9.17, 15) is 4.79 Å². The first-order chi connectivity index (χ1) is 9.56. The first kappa shape index (κ1) is 14.7. The van der Waals surface area contributed by atoms with Crippen LogP contribution >= 0.6 is 11.3 Å². The van der Waals surface area contributed by atoms with Crippen molar-refractivity contribution in [1.29, 1.82) is 0 Å². The van der Waals surface area contributed by atoms with Gasteiger partial charge in [-0.3, -0.25) is 4.79 Å². The number of amides is 1. The van der Waals surface area contributed by atoms with Crippen LogP contribution in [0.2, 0.25) is 0 Å². The van der Waals surface area contributed by atoms with Crippen LogP contribution in [-0.2, 0) is 11.2 Å². The van der Waals surface area contributed by atoms with Crippen LogP contribution in [0.25, 0.3) is 10.6 Å². The van der Waals surface area contributed by atoms with Crippen LogP contribution in [0.4, 0.5) is 0 Å². The van der Waals surface area contributed by atoms with E-state index in [-0.39, 0.29) is 5.91 Å². The summed E-state index contributed by atoms with van der Waals surface area (Å²) in [4.78, 5) is 17.5. The standard InChI is InChI=1S/C16H20N2OS/c1-11(2)10-17-15(19)9-14-12(3)18-16(20-14)13-7-5-4-6-8-13/h4-8,11H,9-10H2,1-3H3,(H,17,19). The number of carbonyl (C=O) groups excluding carboxylic acids is 1. The topological polar surface area (TPSA) is 42.0 Å². The molecule has 1 aromatic heterocycles. The number of aromatic nitrogens is 1. The monoisotopic (exact) mass is 288 g/mol. The highest BCUT2D eigenvalue weighted by Crippen LogP contribution is 2.27. The number of rotatable bonds is 5. The largest absolute Gasteiger partial charge is 0.356 e. The number of hydrogen-bond acceptors (Lipinski definition) is 3. The highest BCUT2D eigenvalue weighted by molar-refractivity contribution is 7.15. The Kier molecular flexibility index (Phi) is 4.90. The zero-order valence-electron chi connectivity index (χ0n) is 12.1. The lowest BCUT2D eigenvalue weighted by molar-refractivity contribution is -0.120. The van der Waals surface area contributed by atoms with Gasteiger partial charge in [-0.1, -0.05) is 44.2 Å². The van der Waals surface area contributed by atoms with Crippen molar-refractivity contribution in [3.63, 3.8) is 0 Å². The quantitative estimate of drug-likeness (QED) is 0.916. The van der Waals surface area contributed by atoms with Gasteiger partial charge in [0.15, 0.2) is 0 Å². The van der Waals surface area contributed by atoms with E-state index >= 15 is 0 Å². The molecule has 0 spiro atoms. The number of thiazole rings is 1. The van der Waals surface area contributed by atoms with Gasteiger partial charge in [0.25, 0.3) is 0 Å².